The first-order valence-corrected chi connectivity index (χ1v) is 10.0. The molecule has 0 amide bonds. The fourth-order valence-corrected chi connectivity index (χ4v) is 4.27. The molecule has 28 heavy (non-hydrogen) atoms. The van der Waals surface area contributed by atoms with E-state index in [1.54, 1.807) is 31.2 Å². The zero-order valence-electron chi connectivity index (χ0n) is 16.0. The molecule has 0 atom stereocenters. The number of anilines is 1. The zero-order valence-corrected chi connectivity index (χ0v) is 16.8. The first kappa shape index (κ1) is 19.6. The second-order valence-corrected chi connectivity index (χ2v) is 8.18. The van der Waals surface area contributed by atoms with Crippen LogP contribution in [-0.2, 0) is 10.0 Å². The summed E-state index contributed by atoms with van der Waals surface area (Å²) in [5.74, 6) is 0.432. The van der Waals surface area contributed by atoms with Gasteiger partial charge in [-0.1, -0.05) is 6.07 Å². The van der Waals surface area contributed by atoms with Crippen molar-refractivity contribution >= 4 is 15.7 Å². The van der Waals surface area contributed by atoms with Gasteiger partial charge in [-0.05, 0) is 67.8 Å². The third-order valence-electron chi connectivity index (χ3n) is 4.48. The third kappa shape index (κ3) is 3.91. The van der Waals surface area contributed by atoms with E-state index in [4.69, 9.17) is 4.74 Å². The number of sulfonamides is 1. The number of rotatable bonds is 5. The van der Waals surface area contributed by atoms with Crippen molar-refractivity contribution < 1.29 is 13.2 Å². The van der Waals surface area contributed by atoms with Crippen LogP contribution < -0.4 is 15.0 Å². The van der Waals surface area contributed by atoms with Crippen molar-refractivity contribution in [1.82, 2.24) is 10.2 Å². The molecular weight excluding hydrogens is 378 g/mol. The van der Waals surface area contributed by atoms with Crippen LogP contribution >= 0.6 is 0 Å². The lowest BCUT2D eigenvalue weighted by molar-refractivity contribution is 0.417. The molecule has 146 valence electrons. The van der Waals surface area contributed by atoms with Gasteiger partial charge in [0.15, 0.2) is 0 Å². The highest BCUT2D eigenvalue weighted by molar-refractivity contribution is 7.92. The van der Waals surface area contributed by atoms with Gasteiger partial charge in [0, 0.05) is 11.6 Å². The fraction of sp³-hybridized carbons (Fsp3) is 0.200. The summed E-state index contributed by atoms with van der Waals surface area (Å²) in [6.45, 7) is 5.45. The molecule has 0 radical (unpaired) electrons. The number of ether oxygens (including phenoxy) is 1. The molecule has 2 N–H and O–H groups in total. The van der Waals surface area contributed by atoms with E-state index in [-0.39, 0.29) is 10.5 Å². The van der Waals surface area contributed by atoms with Crippen LogP contribution in [0.25, 0.3) is 11.3 Å². The summed E-state index contributed by atoms with van der Waals surface area (Å²) < 4.78 is 34.2. The molecule has 0 unspecified atom stereocenters. The second kappa shape index (κ2) is 7.47. The molecule has 0 saturated heterocycles. The molecule has 8 heteroatoms. The normalized spacial score (nSPS) is 11.3. The summed E-state index contributed by atoms with van der Waals surface area (Å²) in [5.41, 5.74) is 3.44. The number of nitrogens with one attached hydrogen (secondary N) is 2. The molecule has 1 aromatic heterocycles. The summed E-state index contributed by atoms with van der Waals surface area (Å²) >= 11 is 0. The molecular formula is C20H21N3O4S. The van der Waals surface area contributed by atoms with E-state index >= 15 is 0 Å². The van der Waals surface area contributed by atoms with Crippen molar-refractivity contribution in [2.45, 2.75) is 25.7 Å². The van der Waals surface area contributed by atoms with Gasteiger partial charge in [0.1, 0.15) is 5.75 Å². The minimum atomic E-state index is -3.88. The quantitative estimate of drug-likeness (QED) is 0.686. The van der Waals surface area contributed by atoms with Crippen molar-refractivity contribution in [2.24, 2.45) is 0 Å². The summed E-state index contributed by atoms with van der Waals surface area (Å²) in [5, 5.41) is 6.36. The number of aryl methyl sites for hydroxylation is 2. The Bertz CT molecular complexity index is 1180. The average molecular weight is 399 g/mol. The smallest absolute Gasteiger partial charge is 0.264 e. The number of nitrogens with zero attached hydrogens (tertiary/aromatic N) is 1. The van der Waals surface area contributed by atoms with Crippen molar-refractivity contribution in [3.63, 3.8) is 0 Å². The van der Waals surface area contributed by atoms with Gasteiger partial charge in [-0.15, -0.1) is 0 Å². The maximum atomic E-state index is 13.1. The Morgan fingerprint density at radius 3 is 2.43 bits per heavy atom. The molecule has 0 aliphatic heterocycles. The van der Waals surface area contributed by atoms with E-state index < -0.39 is 10.0 Å². The Morgan fingerprint density at radius 2 is 1.79 bits per heavy atom. The SMILES string of the molecule is COc1ccc(C)cc1NS(=O)(=O)c1cc(-c2ccc(=O)[nH]n2)cc(C)c1C. The molecule has 1 heterocycles. The van der Waals surface area contributed by atoms with Crippen molar-refractivity contribution in [1.29, 1.82) is 0 Å². The van der Waals surface area contributed by atoms with Crippen LogP contribution in [0.1, 0.15) is 16.7 Å². The van der Waals surface area contributed by atoms with E-state index in [0.717, 1.165) is 11.1 Å². The predicted octanol–water partition coefficient (Wildman–Crippen LogP) is 3.17. The van der Waals surface area contributed by atoms with Gasteiger partial charge in [-0.2, -0.15) is 5.10 Å². The maximum absolute atomic E-state index is 13.1. The summed E-state index contributed by atoms with van der Waals surface area (Å²) in [6.07, 6.45) is 0. The Morgan fingerprint density at radius 1 is 1.04 bits per heavy atom. The van der Waals surface area contributed by atoms with Crippen LogP contribution in [0.5, 0.6) is 5.75 Å². The van der Waals surface area contributed by atoms with Crippen LogP contribution in [-0.4, -0.2) is 25.7 Å². The molecule has 3 rings (SSSR count). The van der Waals surface area contributed by atoms with E-state index in [1.165, 1.54) is 13.2 Å². The van der Waals surface area contributed by atoms with E-state index in [0.29, 0.717) is 28.3 Å². The number of aromatic nitrogens is 2. The predicted molar refractivity (Wildman–Crippen MR) is 108 cm³/mol. The standard InChI is InChI=1S/C20H21N3O4S/c1-12-5-7-18(27-4)17(9-12)23-28(25,26)19-11-15(10-13(2)14(19)3)16-6-8-20(24)22-21-16/h5-11,23H,1-4H3,(H,22,24). The minimum Gasteiger partial charge on any atom is -0.495 e. The molecule has 0 aliphatic carbocycles. The van der Waals surface area contributed by atoms with Gasteiger partial charge in [-0.3, -0.25) is 9.52 Å². The molecule has 0 spiro atoms. The van der Waals surface area contributed by atoms with Crippen molar-refractivity contribution in [3.8, 4) is 17.0 Å². The maximum Gasteiger partial charge on any atom is 0.264 e. The van der Waals surface area contributed by atoms with Crippen LogP contribution in [0, 0.1) is 20.8 Å². The highest BCUT2D eigenvalue weighted by Crippen LogP contribution is 2.31. The van der Waals surface area contributed by atoms with Gasteiger partial charge in [0.2, 0.25) is 0 Å². The summed E-state index contributed by atoms with van der Waals surface area (Å²) in [4.78, 5) is 11.4. The van der Waals surface area contributed by atoms with Crippen LogP contribution in [0.15, 0.2) is 52.2 Å². The lowest BCUT2D eigenvalue weighted by atomic mass is 10.0. The van der Waals surface area contributed by atoms with Gasteiger partial charge in [0.25, 0.3) is 15.6 Å². The second-order valence-electron chi connectivity index (χ2n) is 6.53. The molecule has 0 bridgehead atoms. The molecule has 3 aromatic rings. The largest absolute Gasteiger partial charge is 0.495 e. The minimum absolute atomic E-state index is 0.138. The first-order chi connectivity index (χ1) is 13.2. The van der Waals surface area contributed by atoms with Crippen molar-refractivity contribution in [2.75, 3.05) is 11.8 Å². The lowest BCUT2D eigenvalue weighted by Crippen LogP contribution is -2.16. The topological polar surface area (TPSA) is 101 Å². The number of aromatic amines is 1. The summed E-state index contributed by atoms with van der Waals surface area (Å²) in [7, 11) is -2.40. The molecule has 0 aliphatic rings. The summed E-state index contributed by atoms with van der Waals surface area (Å²) in [6, 6.07) is 11.6. The molecule has 7 nitrogen and oxygen atoms in total. The molecule has 0 fully saturated rings. The van der Waals surface area contributed by atoms with E-state index in [9.17, 15) is 13.2 Å². The number of hydrogen-bond donors (Lipinski definition) is 2. The Labute approximate surface area is 163 Å². The van der Waals surface area contributed by atoms with Crippen LogP contribution in [0.4, 0.5) is 5.69 Å². The highest BCUT2D eigenvalue weighted by atomic mass is 32.2. The van der Waals surface area contributed by atoms with Gasteiger partial charge in [0.05, 0.1) is 23.4 Å². The Balaban J connectivity index is 2.10. The average Bonchev–Trinajstić information content (AvgIpc) is 2.64. The first-order valence-electron chi connectivity index (χ1n) is 8.56. The van der Waals surface area contributed by atoms with Gasteiger partial charge in [-0.25, -0.2) is 13.5 Å². The third-order valence-corrected chi connectivity index (χ3v) is 5.98. The van der Waals surface area contributed by atoms with Gasteiger partial charge < -0.3 is 4.74 Å². The lowest BCUT2D eigenvalue weighted by Gasteiger charge is -2.16. The zero-order chi connectivity index (χ0) is 20.5. The van der Waals surface area contributed by atoms with E-state index in [2.05, 4.69) is 14.9 Å². The molecule has 0 saturated carbocycles. The number of methoxy groups -OCH3 is 1. The number of H-pyrrole nitrogens is 1. The fourth-order valence-electron chi connectivity index (χ4n) is 2.86. The van der Waals surface area contributed by atoms with E-state index in [1.807, 2.05) is 26.0 Å². The monoisotopic (exact) mass is 399 g/mol. The van der Waals surface area contributed by atoms with Gasteiger partial charge >= 0.3 is 0 Å². The Hall–Kier alpha value is -3.13. The molecule has 2 aromatic carbocycles. The van der Waals surface area contributed by atoms with Crippen LogP contribution in [0.3, 0.4) is 0 Å². The van der Waals surface area contributed by atoms with Crippen LogP contribution in [0.2, 0.25) is 0 Å². The van der Waals surface area contributed by atoms with Crippen molar-refractivity contribution in [3.05, 3.63) is 69.5 Å². The number of hydrogen-bond acceptors (Lipinski definition) is 5. The Kier molecular flexibility index (Phi) is 5.24. The number of benzene rings is 2. The highest BCUT2D eigenvalue weighted by Gasteiger charge is 2.21.